The van der Waals surface area contributed by atoms with Crippen molar-refractivity contribution in [3.05, 3.63) is 212 Å². The molecule has 7 heteroatoms. The van der Waals surface area contributed by atoms with Crippen molar-refractivity contribution in [1.82, 2.24) is 24.1 Å². The number of benzene rings is 10. The first-order valence-electron chi connectivity index (χ1n) is 22.9. The normalized spacial score (nSPS) is 12.1. The fourth-order valence-electron chi connectivity index (χ4n) is 10.8. The fraction of sp³-hybridized carbons (Fsp3) is 0. The highest BCUT2D eigenvalue weighted by atomic mass is 16.3. The van der Waals surface area contributed by atoms with Gasteiger partial charge in [-0.05, 0) is 83.6 Å². The molecule has 15 rings (SSSR count). The van der Waals surface area contributed by atoms with E-state index < -0.39 is 0 Å². The van der Waals surface area contributed by atoms with Gasteiger partial charge >= 0.3 is 0 Å². The molecule has 68 heavy (non-hydrogen) atoms. The summed E-state index contributed by atoms with van der Waals surface area (Å²) in [4.78, 5) is 16.4. The van der Waals surface area contributed by atoms with Crippen molar-refractivity contribution in [2.24, 2.45) is 0 Å². The first-order valence-corrected chi connectivity index (χ1v) is 22.9. The second-order valence-corrected chi connectivity index (χ2v) is 17.5. The number of rotatable bonds is 5. The van der Waals surface area contributed by atoms with Crippen molar-refractivity contribution < 1.29 is 8.83 Å². The number of furan rings is 2. The zero-order valence-corrected chi connectivity index (χ0v) is 36.3. The summed E-state index contributed by atoms with van der Waals surface area (Å²) < 4.78 is 18.4. The molecule has 0 bridgehead atoms. The van der Waals surface area contributed by atoms with Crippen LogP contribution < -0.4 is 0 Å². The molecule has 0 atom stereocenters. The average molecular weight is 870 g/mol. The van der Waals surface area contributed by atoms with E-state index in [0.717, 1.165) is 105 Å². The SMILES string of the molecule is c1ccc(-n2c3ccccc3c3cccc(-c4nc(-c5cccc6c5oc5ccccc56)nc(-c5ccc(-n6c7ccccc7c7cc8ccccc8cc76)c6oc7ccccc7c56)n4)c32)cc1. The molecule has 0 unspecified atom stereocenters. The molecule has 0 amide bonds. The first-order chi connectivity index (χ1) is 33.7. The van der Waals surface area contributed by atoms with Crippen molar-refractivity contribution in [2.75, 3.05) is 0 Å². The van der Waals surface area contributed by atoms with Gasteiger partial charge in [0.05, 0.1) is 33.3 Å². The third-order valence-corrected chi connectivity index (χ3v) is 13.8. The van der Waals surface area contributed by atoms with Gasteiger partial charge in [-0.1, -0.05) is 140 Å². The van der Waals surface area contributed by atoms with E-state index >= 15 is 0 Å². The van der Waals surface area contributed by atoms with E-state index in [1.165, 1.54) is 21.5 Å². The van der Waals surface area contributed by atoms with E-state index in [4.69, 9.17) is 23.8 Å². The Morgan fingerprint density at radius 2 is 0.868 bits per heavy atom. The maximum Gasteiger partial charge on any atom is 0.167 e. The largest absolute Gasteiger partial charge is 0.455 e. The van der Waals surface area contributed by atoms with Crippen molar-refractivity contribution in [3.8, 4) is 45.5 Å². The van der Waals surface area contributed by atoms with Crippen LogP contribution in [0.4, 0.5) is 0 Å². The minimum Gasteiger partial charge on any atom is -0.455 e. The number of para-hydroxylation sites is 7. The van der Waals surface area contributed by atoms with Crippen molar-refractivity contribution in [2.45, 2.75) is 0 Å². The molecule has 10 aromatic carbocycles. The first kappa shape index (κ1) is 36.9. The van der Waals surface area contributed by atoms with Gasteiger partial charge in [-0.2, -0.15) is 0 Å². The van der Waals surface area contributed by atoms with Crippen LogP contribution in [0.25, 0.3) is 144 Å². The highest BCUT2D eigenvalue weighted by Gasteiger charge is 2.26. The molecule has 0 fully saturated rings. The lowest BCUT2D eigenvalue weighted by Crippen LogP contribution is -2.03. The summed E-state index contributed by atoms with van der Waals surface area (Å²) in [5.41, 5.74) is 11.8. The molecule has 0 spiro atoms. The van der Waals surface area contributed by atoms with Crippen molar-refractivity contribution in [3.63, 3.8) is 0 Å². The van der Waals surface area contributed by atoms with Gasteiger partial charge in [0.2, 0.25) is 0 Å². The highest BCUT2D eigenvalue weighted by molar-refractivity contribution is 6.19. The van der Waals surface area contributed by atoms with Crippen LogP contribution in [0.15, 0.2) is 221 Å². The quantitative estimate of drug-likeness (QED) is 0.172. The fourth-order valence-corrected chi connectivity index (χ4v) is 10.8. The lowest BCUT2D eigenvalue weighted by atomic mass is 10.0. The zero-order chi connectivity index (χ0) is 44.5. The van der Waals surface area contributed by atoms with Gasteiger partial charge in [0.15, 0.2) is 23.1 Å². The minimum absolute atomic E-state index is 0.508. The Kier molecular flexibility index (Phi) is 7.65. The Morgan fingerprint density at radius 1 is 0.324 bits per heavy atom. The van der Waals surface area contributed by atoms with E-state index in [0.29, 0.717) is 17.5 Å². The second-order valence-electron chi connectivity index (χ2n) is 17.5. The van der Waals surface area contributed by atoms with Crippen LogP contribution in [0, 0.1) is 0 Å². The highest BCUT2D eigenvalue weighted by Crippen LogP contribution is 2.45. The maximum atomic E-state index is 7.02. The average Bonchev–Trinajstić information content (AvgIpc) is 4.16. The van der Waals surface area contributed by atoms with Crippen LogP contribution in [-0.2, 0) is 0 Å². The molecule has 0 aliphatic heterocycles. The minimum atomic E-state index is 0.508. The lowest BCUT2D eigenvalue weighted by Gasteiger charge is -2.14. The monoisotopic (exact) mass is 869 g/mol. The molecule has 0 radical (unpaired) electrons. The predicted molar refractivity (Wildman–Crippen MR) is 277 cm³/mol. The van der Waals surface area contributed by atoms with Crippen LogP contribution in [0.3, 0.4) is 0 Å². The Bertz CT molecular complexity index is 4570. The molecule has 0 N–H and O–H groups in total. The standard InChI is InChI=1S/C61H35N5O2/c1-2-18-38(19-3-1)65-49-28-10-6-20-39(49)42-24-14-26-46(56(42)65)60-62-59(63-61(64-60)47-27-15-25-43-41-22-8-12-30-53(41)67-57(43)47)45-32-33-51(58-55(45)44-23-9-13-31-54(44)68-58)66-50-29-11-7-21-40(50)48-34-36-16-4-5-17-37(36)35-52(48)66/h1-35H. The van der Waals surface area contributed by atoms with Gasteiger partial charge in [-0.25, -0.2) is 15.0 Å². The second kappa shape index (κ2) is 14.1. The van der Waals surface area contributed by atoms with E-state index in [9.17, 15) is 0 Å². The number of hydrogen-bond acceptors (Lipinski definition) is 5. The van der Waals surface area contributed by atoms with Gasteiger partial charge in [-0.15, -0.1) is 0 Å². The number of fused-ring (bicyclic) bond motifs is 13. The van der Waals surface area contributed by atoms with E-state index in [-0.39, 0.29) is 0 Å². The van der Waals surface area contributed by atoms with Crippen LogP contribution in [0.1, 0.15) is 0 Å². The summed E-state index contributed by atoms with van der Waals surface area (Å²) in [5.74, 6) is 1.57. The van der Waals surface area contributed by atoms with Crippen LogP contribution >= 0.6 is 0 Å². The third kappa shape index (κ3) is 5.26. The summed E-state index contributed by atoms with van der Waals surface area (Å²) in [7, 11) is 0. The molecule has 0 aliphatic carbocycles. The van der Waals surface area contributed by atoms with Gasteiger partial charge in [0.25, 0.3) is 0 Å². The Morgan fingerprint density at radius 3 is 1.65 bits per heavy atom. The van der Waals surface area contributed by atoms with Gasteiger partial charge < -0.3 is 18.0 Å². The molecule has 316 valence electrons. The molecule has 5 aromatic heterocycles. The topological polar surface area (TPSA) is 74.8 Å². The van der Waals surface area contributed by atoms with E-state index in [1.54, 1.807) is 0 Å². The van der Waals surface area contributed by atoms with Gasteiger partial charge in [0.1, 0.15) is 16.7 Å². The predicted octanol–water partition coefficient (Wildman–Crippen LogP) is 16.0. The third-order valence-electron chi connectivity index (χ3n) is 13.8. The van der Waals surface area contributed by atoms with Crippen molar-refractivity contribution in [1.29, 1.82) is 0 Å². The zero-order valence-electron chi connectivity index (χ0n) is 36.3. The summed E-state index contributed by atoms with van der Waals surface area (Å²) >= 11 is 0. The Balaban J connectivity index is 1.05. The van der Waals surface area contributed by atoms with E-state index in [2.05, 4.69) is 185 Å². The molecule has 0 saturated carbocycles. The molecule has 7 nitrogen and oxygen atoms in total. The van der Waals surface area contributed by atoms with Gasteiger partial charge in [0, 0.05) is 59.9 Å². The number of nitrogens with zero attached hydrogens (tertiary/aromatic N) is 5. The van der Waals surface area contributed by atoms with Crippen LogP contribution in [0.5, 0.6) is 0 Å². The summed E-state index contributed by atoms with van der Waals surface area (Å²) in [6.07, 6.45) is 0. The molecule has 15 aromatic rings. The van der Waals surface area contributed by atoms with Crippen LogP contribution in [-0.4, -0.2) is 24.1 Å². The molecule has 0 aliphatic rings. The summed E-state index contributed by atoms with van der Waals surface area (Å²) in [6.45, 7) is 0. The summed E-state index contributed by atoms with van der Waals surface area (Å²) in [6, 6.07) is 74.2. The smallest absolute Gasteiger partial charge is 0.167 e. The number of aromatic nitrogens is 5. The Hall–Kier alpha value is -9.33. The maximum absolute atomic E-state index is 7.02. The molecular formula is C61H35N5O2. The van der Waals surface area contributed by atoms with Crippen molar-refractivity contribution >= 4 is 98.3 Å². The summed E-state index contributed by atoms with van der Waals surface area (Å²) in [5, 5.41) is 10.9. The molecule has 5 heterocycles. The molecule has 0 saturated heterocycles. The number of hydrogen-bond donors (Lipinski definition) is 0. The van der Waals surface area contributed by atoms with Gasteiger partial charge in [-0.3, -0.25) is 0 Å². The Labute approximate surface area is 387 Å². The molecular weight excluding hydrogens is 835 g/mol. The van der Waals surface area contributed by atoms with Crippen LogP contribution in [0.2, 0.25) is 0 Å². The lowest BCUT2D eigenvalue weighted by molar-refractivity contribution is 0.666. The van der Waals surface area contributed by atoms with E-state index in [1.807, 2.05) is 36.4 Å².